The summed E-state index contributed by atoms with van der Waals surface area (Å²) < 4.78 is 5.80. The lowest BCUT2D eigenvalue weighted by Gasteiger charge is -2.23. The highest BCUT2D eigenvalue weighted by Gasteiger charge is 2.21. The average molecular weight is 325 g/mol. The molecule has 0 aliphatic carbocycles. The molecule has 0 aromatic heterocycles. The summed E-state index contributed by atoms with van der Waals surface area (Å²) in [5.41, 5.74) is 2.23. The Morgan fingerprint density at radius 2 is 1.75 bits per heavy atom. The summed E-state index contributed by atoms with van der Waals surface area (Å²) in [7, 11) is 1.88. The van der Waals surface area contributed by atoms with Gasteiger partial charge in [-0.15, -0.1) is 0 Å². The van der Waals surface area contributed by atoms with Crippen molar-refractivity contribution >= 4 is 5.91 Å². The van der Waals surface area contributed by atoms with Crippen LogP contribution in [0, 0.1) is 6.92 Å². The summed E-state index contributed by atoms with van der Waals surface area (Å²) in [5.74, 6) is 1.04. The first-order valence-corrected chi connectivity index (χ1v) is 8.61. The van der Waals surface area contributed by atoms with Crippen molar-refractivity contribution in [3.05, 3.63) is 65.7 Å². The van der Waals surface area contributed by atoms with E-state index in [4.69, 9.17) is 4.74 Å². The first-order chi connectivity index (χ1) is 11.6. The first kappa shape index (κ1) is 18.1. The second-order valence-corrected chi connectivity index (χ2v) is 6.10. The zero-order valence-electron chi connectivity index (χ0n) is 14.9. The summed E-state index contributed by atoms with van der Waals surface area (Å²) >= 11 is 0. The quantitative estimate of drug-likeness (QED) is 0.673. The number of likely N-dealkylation sites (N-methyl/N-ethyl adjacent to an activating group) is 1. The number of nitrogens with zero attached hydrogens (tertiary/aromatic N) is 1. The minimum atomic E-state index is -0.0616. The summed E-state index contributed by atoms with van der Waals surface area (Å²) in [6, 6.07) is 18.0. The van der Waals surface area contributed by atoms with Crippen molar-refractivity contribution in [2.75, 3.05) is 20.2 Å². The Labute approximate surface area is 145 Å². The molecule has 0 saturated heterocycles. The summed E-state index contributed by atoms with van der Waals surface area (Å²) in [5, 5.41) is 0. The lowest BCUT2D eigenvalue weighted by molar-refractivity contribution is -0.131. The molecule has 0 aliphatic heterocycles. The third-order valence-electron chi connectivity index (χ3n) is 4.27. The van der Waals surface area contributed by atoms with Crippen LogP contribution in [0.1, 0.15) is 36.8 Å². The number of para-hydroxylation sites is 1. The Morgan fingerprint density at radius 1 is 1.08 bits per heavy atom. The van der Waals surface area contributed by atoms with Crippen molar-refractivity contribution in [3.8, 4) is 5.75 Å². The van der Waals surface area contributed by atoms with Crippen LogP contribution in [-0.4, -0.2) is 31.0 Å². The maximum atomic E-state index is 12.7. The number of hydrogen-bond donors (Lipinski definition) is 0. The van der Waals surface area contributed by atoms with E-state index in [0.29, 0.717) is 13.2 Å². The molecule has 0 aliphatic rings. The average Bonchev–Trinajstić information content (AvgIpc) is 2.61. The molecule has 1 amide bonds. The Kier molecular flexibility index (Phi) is 6.86. The molecule has 2 aromatic carbocycles. The van der Waals surface area contributed by atoms with E-state index in [1.54, 1.807) is 0 Å². The van der Waals surface area contributed by atoms with Gasteiger partial charge in [0.25, 0.3) is 0 Å². The van der Waals surface area contributed by atoms with Crippen molar-refractivity contribution in [2.45, 2.75) is 32.6 Å². The topological polar surface area (TPSA) is 29.5 Å². The molecule has 128 valence electrons. The Hall–Kier alpha value is -2.29. The number of carbonyl (C=O) groups excluding carboxylic acids is 1. The van der Waals surface area contributed by atoms with E-state index in [2.05, 4.69) is 6.92 Å². The number of hydrogen-bond acceptors (Lipinski definition) is 2. The second kappa shape index (κ2) is 9.11. The third kappa shape index (κ3) is 4.85. The van der Waals surface area contributed by atoms with Gasteiger partial charge in [0.05, 0.1) is 12.5 Å². The van der Waals surface area contributed by atoms with Crippen LogP contribution in [0.2, 0.25) is 0 Å². The highest BCUT2D eigenvalue weighted by Crippen LogP contribution is 2.21. The molecule has 3 heteroatoms. The Balaban J connectivity index is 1.82. The number of rotatable bonds is 8. The van der Waals surface area contributed by atoms with Crippen molar-refractivity contribution in [1.29, 1.82) is 0 Å². The molecule has 0 spiro atoms. The van der Waals surface area contributed by atoms with Gasteiger partial charge in [0.2, 0.25) is 5.91 Å². The summed E-state index contributed by atoms with van der Waals surface area (Å²) in [6.07, 6.45) is 1.63. The summed E-state index contributed by atoms with van der Waals surface area (Å²) in [4.78, 5) is 14.5. The molecule has 0 bridgehead atoms. The smallest absolute Gasteiger partial charge is 0.229 e. The number of aryl methyl sites for hydroxylation is 1. The fraction of sp³-hybridized carbons (Fsp3) is 0.381. The number of amides is 1. The highest BCUT2D eigenvalue weighted by molar-refractivity contribution is 5.83. The van der Waals surface area contributed by atoms with Gasteiger partial charge in [0.1, 0.15) is 5.75 Å². The number of carbonyl (C=O) groups is 1. The maximum Gasteiger partial charge on any atom is 0.229 e. The predicted octanol–water partition coefficient (Wildman–Crippen LogP) is 4.42. The van der Waals surface area contributed by atoms with Crippen LogP contribution in [0.4, 0.5) is 0 Å². The van der Waals surface area contributed by atoms with Crippen LogP contribution in [0.25, 0.3) is 0 Å². The highest BCUT2D eigenvalue weighted by atomic mass is 16.5. The van der Waals surface area contributed by atoms with Crippen LogP contribution in [-0.2, 0) is 4.79 Å². The predicted molar refractivity (Wildman–Crippen MR) is 98.4 cm³/mol. The van der Waals surface area contributed by atoms with E-state index in [-0.39, 0.29) is 11.8 Å². The Morgan fingerprint density at radius 3 is 2.42 bits per heavy atom. The van der Waals surface area contributed by atoms with Gasteiger partial charge in [0, 0.05) is 13.6 Å². The van der Waals surface area contributed by atoms with Crippen molar-refractivity contribution in [2.24, 2.45) is 0 Å². The Bertz CT molecular complexity index is 639. The molecule has 2 rings (SSSR count). The minimum Gasteiger partial charge on any atom is -0.493 e. The SMILES string of the molecule is CCC(C(=O)N(C)CCCOc1ccccc1C)c1ccccc1. The lowest BCUT2D eigenvalue weighted by atomic mass is 9.95. The molecule has 0 radical (unpaired) electrons. The lowest BCUT2D eigenvalue weighted by Crippen LogP contribution is -2.33. The van der Waals surface area contributed by atoms with Crippen LogP contribution in [0.5, 0.6) is 5.75 Å². The molecule has 0 heterocycles. The maximum absolute atomic E-state index is 12.7. The molecular weight excluding hydrogens is 298 g/mol. The first-order valence-electron chi connectivity index (χ1n) is 8.61. The van der Waals surface area contributed by atoms with E-state index in [0.717, 1.165) is 29.7 Å². The fourth-order valence-corrected chi connectivity index (χ4v) is 2.82. The van der Waals surface area contributed by atoms with E-state index in [1.807, 2.05) is 73.5 Å². The molecule has 3 nitrogen and oxygen atoms in total. The van der Waals surface area contributed by atoms with Gasteiger partial charge in [-0.1, -0.05) is 55.5 Å². The van der Waals surface area contributed by atoms with Crippen LogP contribution in [0.3, 0.4) is 0 Å². The van der Waals surface area contributed by atoms with Crippen molar-refractivity contribution in [3.63, 3.8) is 0 Å². The normalized spacial score (nSPS) is 11.8. The van der Waals surface area contributed by atoms with Gasteiger partial charge < -0.3 is 9.64 Å². The van der Waals surface area contributed by atoms with E-state index < -0.39 is 0 Å². The van der Waals surface area contributed by atoms with Gasteiger partial charge in [-0.05, 0) is 37.0 Å². The largest absolute Gasteiger partial charge is 0.493 e. The van der Waals surface area contributed by atoms with Crippen LogP contribution >= 0.6 is 0 Å². The minimum absolute atomic E-state index is 0.0616. The molecule has 1 unspecified atom stereocenters. The molecule has 24 heavy (non-hydrogen) atoms. The van der Waals surface area contributed by atoms with Crippen molar-refractivity contribution < 1.29 is 9.53 Å². The third-order valence-corrected chi connectivity index (χ3v) is 4.27. The van der Waals surface area contributed by atoms with Crippen molar-refractivity contribution in [1.82, 2.24) is 4.90 Å². The second-order valence-electron chi connectivity index (χ2n) is 6.10. The van der Waals surface area contributed by atoms with E-state index in [1.165, 1.54) is 0 Å². The van der Waals surface area contributed by atoms with E-state index in [9.17, 15) is 4.79 Å². The monoisotopic (exact) mass is 325 g/mol. The summed E-state index contributed by atoms with van der Waals surface area (Å²) in [6.45, 7) is 5.42. The number of benzene rings is 2. The molecular formula is C21H27NO2. The fourth-order valence-electron chi connectivity index (χ4n) is 2.82. The standard InChI is InChI=1S/C21H27NO2/c1-4-19(18-12-6-5-7-13-18)21(23)22(3)15-10-16-24-20-14-9-8-11-17(20)2/h5-9,11-14,19H,4,10,15-16H2,1-3H3. The molecule has 0 N–H and O–H groups in total. The van der Waals surface area contributed by atoms with E-state index >= 15 is 0 Å². The molecule has 2 aromatic rings. The number of ether oxygens (including phenoxy) is 1. The zero-order chi connectivity index (χ0) is 17.4. The van der Waals surface area contributed by atoms with Gasteiger partial charge in [0.15, 0.2) is 0 Å². The zero-order valence-corrected chi connectivity index (χ0v) is 14.9. The van der Waals surface area contributed by atoms with Crippen LogP contribution < -0.4 is 4.74 Å². The van der Waals surface area contributed by atoms with Crippen LogP contribution in [0.15, 0.2) is 54.6 Å². The van der Waals surface area contributed by atoms with Gasteiger partial charge in [-0.2, -0.15) is 0 Å². The van der Waals surface area contributed by atoms with Gasteiger partial charge >= 0.3 is 0 Å². The molecule has 1 atom stereocenters. The van der Waals surface area contributed by atoms with Gasteiger partial charge in [-0.25, -0.2) is 0 Å². The molecule has 0 saturated carbocycles. The molecule has 0 fully saturated rings. The van der Waals surface area contributed by atoms with Gasteiger partial charge in [-0.3, -0.25) is 4.79 Å².